The molecule has 11 heteroatoms. The fraction of sp³-hybridized carbons (Fsp3) is 0.216. The van der Waals surface area contributed by atoms with Gasteiger partial charge in [0, 0.05) is 52.7 Å². The number of hydrogen-bond donors (Lipinski definition) is 1. The van der Waals surface area contributed by atoms with Gasteiger partial charge in [-0.15, -0.1) is 37.3 Å². The molecular formula is C37H36N8OS2. The topological polar surface area (TPSA) is 108 Å². The highest BCUT2D eigenvalue weighted by molar-refractivity contribution is 8.01. The second-order valence-electron chi connectivity index (χ2n) is 11.1. The molecule has 6 rings (SSSR count). The average Bonchev–Trinajstić information content (AvgIpc) is 3.59. The summed E-state index contributed by atoms with van der Waals surface area (Å²) in [6.45, 7) is 5.12. The molecule has 0 bridgehead atoms. The van der Waals surface area contributed by atoms with Crippen LogP contribution in [0.5, 0.6) is 0 Å². The van der Waals surface area contributed by atoms with Gasteiger partial charge in [0.1, 0.15) is 0 Å². The van der Waals surface area contributed by atoms with Gasteiger partial charge in [-0.2, -0.15) is 5.11 Å². The van der Waals surface area contributed by atoms with Crippen molar-refractivity contribution in [1.29, 1.82) is 0 Å². The number of nitrogens with zero attached hydrogens (tertiary/aromatic N) is 7. The normalized spacial score (nSPS) is 12.6. The van der Waals surface area contributed by atoms with Gasteiger partial charge in [0.25, 0.3) is 0 Å². The number of methoxy groups -OCH3 is 1. The maximum atomic E-state index is 5.10. The minimum absolute atomic E-state index is 0.378. The van der Waals surface area contributed by atoms with E-state index in [0.29, 0.717) is 22.5 Å². The largest absolute Gasteiger partial charge is 0.385 e. The molecule has 1 heterocycles. The Morgan fingerprint density at radius 3 is 1.85 bits per heavy atom. The third-order valence-corrected chi connectivity index (χ3v) is 9.80. The summed E-state index contributed by atoms with van der Waals surface area (Å²) in [4.78, 5) is 4.35. The molecule has 0 radical (unpaired) electrons. The molecule has 1 unspecified atom stereocenters. The standard InChI is InChI=1S/C37H36N8OS2/c1-4-25(2)39-32-18-19-34(29-11-6-5-10-28(29)32)43-44-35-21-20-33(30-12-7-8-13-31(30)35)42-40-26-14-16-27(17-15-26)41-45-37-38-24-36(48-37)47-23-9-22-46-3/h5-8,10-21,24-25,39H,4,9,22-23H2,1-3H3/b42-40+,44-43+,45-41+. The molecule has 1 N–H and O–H groups in total. The predicted octanol–water partition coefficient (Wildman–Crippen LogP) is 13.0. The molecule has 1 aromatic heterocycles. The number of anilines is 1. The SMILES string of the molecule is CCC(C)Nc1ccc(/N=N/c2ccc(/N=N/c3ccc(/N=N/c4ncc(SCCCOC)s4)cc3)c3ccccc23)c2ccccc12. The van der Waals surface area contributed by atoms with Crippen molar-refractivity contribution in [3.63, 3.8) is 0 Å². The van der Waals surface area contributed by atoms with Gasteiger partial charge in [-0.3, -0.25) is 0 Å². The van der Waals surface area contributed by atoms with Crippen molar-refractivity contribution < 1.29 is 4.74 Å². The Morgan fingerprint density at radius 2 is 1.25 bits per heavy atom. The van der Waals surface area contributed by atoms with Crippen LogP contribution in [0.2, 0.25) is 0 Å². The number of fused-ring (bicyclic) bond motifs is 2. The molecule has 5 aromatic carbocycles. The van der Waals surface area contributed by atoms with Crippen molar-refractivity contribution in [2.24, 2.45) is 30.7 Å². The van der Waals surface area contributed by atoms with Crippen LogP contribution in [0.1, 0.15) is 26.7 Å². The Bertz CT molecular complexity index is 2070. The highest BCUT2D eigenvalue weighted by Crippen LogP contribution is 2.38. The van der Waals surface area contributed by atoms with Crippen molar-refractivity contribution in [3.8, 4) is 0 Å². The van der Waals surface area contributed by atoms with Crippen LogP contribution in [0.3, 0.4) is 0 Å². The minimum Gasteiger partial charge on any atom is -0.385 e. The molecule has 0 fully saturated rings. The van der Waals surface area contributed by atoms with E-state index in [1.54, 1.807) is 18.9 Å². The van der Waals surface area contributed by atoms with Crippen LogP contribution in [-0.4, -0.2) is 30.5 Å². The van der Waals surface area contributed by atoms with E-state index in [-0.39, 0.29) is 0 Å². The Morgan fingerprint density at radius 1 is 0.708 bits per heavy atom. The summed E-state index contributed by atoms with van der Waals surface area (Å²) in [6, 6.07) is 32.2. The van der Waals surface area contributed by atoms with Crippen LogP contribution >= 0.6 is 23.1 Å². The highest BCUT2D eigenvalue weighted by atomic mass is 32.2. The van der Waals surface area contributed by atoms with Crippen LogP contribution in [0.4, 0.5) is 39.3 Å². The van der Waals surface area contributed by atoms with Gasteiger partial charge >= 0.3 is 0 Å². The number of thioether (sulfide) groups is 1. The third-order valence-electron chi connectivity index (χ3n) is 7.64. The summed E-state index contributed by atoms with van der Waals surface area (Å²) in [6.07, 6.45) is 3.88. The number of ether oxygens (including phenoxy) is 1. The minimum atomic E-state index is 0.378. The zero-order valence-electron chi connectivity index (χ0n) is 27.1. The van der Waals surface area contributed by atoms with Crippen molar-refractivity contribution in [2.75, 3.05) is 24.8 Å². The number of benzene rings is 5. The Hall–Kier alpha value is -4.84. The molecule has 9 nitrogen and oxygen atoms in total. The number of nitrogens with one attached hydrogen (secondary N) is 1. The number of aromatic nitrogens is 1. The first-order valence-electron chi connectivity index (χ1n) is 15.8. The van der Waals surface area contributed by atoms with Crippen LogP contribution in [0, 0.1) is 0 Å². The molecule has 0 saturated carbocycles. The lowest BCUT2D eigenvalue weighted by Crippen LogP contribution is -2.13. The Labute approximate surface area is 288 Å². The second kappa shape index (κ2) is 16.3. The summed E-state index contributed by atoms with van der Waals surface area (Å²) in [7, 11) is 1.72. The first-order chi connectivity index (χ1) is 23.6. The fourth-order valence-corrected chi connectivity index (χ4v) is 6.72. The first-order valence-corrected chi connectivity index (χ1v) is 17.6. The molecule has 48 heavy (non-hydrogen) atoms. The number of thiazole rings is 1. The molecular weight excluding hydrogens is 637 g/mol. The first kappa shape index (κ1) is 33.1. The molecule has 0 spiro atoms. The maximum absolute atomic E-state index is 5.10. The summed E-state index contributed by atoms with van der Waals surface area (Å²) in [5.74, 6) is 0.983. The summed E-state index contributed by atoms with van der Waals surface area (Å²) >= 11 is 3.28. The van der Waals surface area contributed by atoms with Crippen LogP contribution in [0.25, 0.3) is 21.5 Å². The van der Waals surface area contributed by atoms with E-state index >= 15 is 0 Å². The summed E-state index contributed by atoms with van der Waals surface area (Å²) < 4.78 is 6.22. The van der Waals surface area contributed by atoms with E-state index in [1.807, 2.05) is 79.0 Å². The maximum Gasteiger partial charge on any atom is 0.230 e. The van der Waals surface area contributed by atoms with Gasteiger partial charge < -0.3 is 10.1 Å². The average molecular weight is 673 g/mol. The van der Waals surface area contributed by atoms with Crippen molar-refractivity contribution in [1.82, 2.24) is 4.98 Å². The zero-order valence-corrected chi connectivity index (χ0v) is 28.7. The van der Waals surface area contributed by atoms with E-state index in [1.165, 1.54) is 11.3 Å². The van der Waals surface area contributed by atoms with E-state index in [9.17, 15) is 0 Å². The zero-order chi connectivity index (χ0) is 33.1. The molecule has 0 aliphatic heterocycles. The monoisotopic (exact) mass is 672 g/mol. The third kappa shape index (κ3) is 8.35. The molecule has 0 saturated heterocycles. The molecule has 0 amide bonds. The predicted molar refractivity (Wildman–Crippen MR) is 200 cm³/mol. The highest BCUT2D eigenvalue weighted by Gasteiger charge is 2.09. The lowest BCUT2D eigenvalue weighted by molar-refractivity contribution is 0.200. The molecule has 6 aromatic rings. The van der Waals surface area contributed by atoms with Gasteiger partial charge in [0.15, 0.2) is 0 Å². The molecule has 242 valence electrons. The number of hydrogen-bond acceptors (Lipinski definition) is 11. The number of rotatable bonds is 14. The quantitative estimate of drug-likeness (QED) is 0.0705. The van der Waals surface area contributed by atoms with Crippen LogP contribution in [-0.2, 0) is 4.74 Å². The second-order valence-corrected chi connectivity index (χ2v) is 13.5. The molecule has 0 aliphatic carbocycles. The van der Waals surface area contributed by atoms with Crippen molar-refractivity contribution in [2.45, 2.75) is 36.9 Å². The summed E-state index contributed by atoms with van der Waals surface area (Å²) in [5.41, 5.74) is 4.87. The van der Waals surface area contributed by atoms with Gasteiger partial charge in [-0.1, -0.05) is 66.8 Å². The van der Waals surface area contributed by atoms with E-state index < -0.39 is 0 Å². The lowest BCUT2D eigenvalue weighted by atomic mass is 10.1. The smallest absolute Gasteiger partial charge is 0.230 e. The van der Waals surface area contributed by atoms with E-state index in [0.717, 1.165) is 73.7 Å². The van der Waals surface area contributed by atoms with Gasteiger partial charge in [0.2, 0.25) is 5.13 Å². The van der Waals surface area contributed by atoms with Crippen molar-refractivity contribution in [3.05, 3.63) is 103 Å². The van der Waals surface area contributed by atoms with Gasteiger partial charge in [0.05, 0.1) is 38.8 Å². The van der Waals surface area contributed by atoms with E-state index in [2.05, 4.69) is 68.9 Å². The number of azo groups is 3. The van der Waals surface area contributed by atoms with E-state index in [4.69, 9.17) is 15.0 Å². The van der Waals surface area contributed by atoms with Crippen LogP contribution < -0.4 is 5.32 Å². The molecule has 1 atom stereocenters. The Kier molecular flexibility index (Phi) is 11.2. The lowest BCUT2D eigenvalue weighted by Gasteiger charge is -2.15. The molecule has 0 aliphatic rings. The van der Waals surface area contributed by atoms with Crippen LogP contribution in [0.15, 0.2) is 138 Å². The Balaban J connectivity index is 1.16. The fourth-order valence-electron chi connectivity index (χ4n) is 4.95. The van der Waals surface area contributed by atoms with Gasteiger partial charge in [-0.25, -0.2) is 4.98 Å². The van der Waals surface area contributed by atoms with Gasteiger partial charge in [-0.05, 0) is 68.3 Å². The van der Waals surface area contributed by atoms with Crippen molar-refractivity contribution >= 4 is 83.9 Å². The summed E-state index contributed by atoms with van der Waals surface area (Å²) in [5, 5.41) is 35.4.